The lowest BCUT2D eigenvalue weighted by molar-refractivity contribution is 0.0288. The summed E-state index contributed by atoms with van der Waals surface area (Å²) in [6.45, 7) is 7.85. The molecular weight excluding hydrogens is 360 g/mol. The summed E-state index contributed by atoms with van der Waals surface area (Å²) in [6.07, 6.45) is 12.9. The van der Waals surface area contributed by atoms with Crippen LogP contribution in [-0.2, 0) is 19.1 Å². The third kappa shape index (κ3) is 12.7. The number of hydrogen-bond acceptors (Lipinski definition) is 8. The van der Waals surface area contributed by atoms with Gasteiger partial charge < -0.3 is 9.47 Å². The average Bonchev–Trinajstić information content (AvgIpc) is 2.61. The third-order valence-corrected chi connectivity index (χ3v) is 4.54. The molecule has 1 rings (SSSR count). The van der Waals surface area contributed by atoms with Gasteiger partial charge in [-0.1, -0.05) is 27.2 Å². The van der Waals surface area contributed by atoms with Crippen LogP contribution in [-0.4, -0.2) is 38.0 Å². The second-order valence-electron chi connectivity index (χ2n) is 8.14. The third-order valence-electron chi connectivity index (χ3n) is 4.54. The Kier molecular flexibility index (Phi) is 13.0. The van der Waals surface area contributed by atoms with Gasteiger partial charge in [0, 0.05) is 5.41 Å². The van der Waals surface area contributed by atoms with Crippen molar-refractivity contribution in [1.82, 2.24) is 0 Å². The summed E-state index contributed by atoms with van der Waals surface area (Å²) < 4.78 is 9.34. The Bertz CT molecular complexity index is 625. The Balaban J connectivity index is 0.000000546. The van der Waals surface area contributed by atoms with Gasteiger partial charge in [0.05, 0.1) is 12.6 Å². The molecule has 8 heteroatoms. The minimum Gasteiger partial charge on any atom is -0.428 e. The lowest BCUT2D eigenvalue weighted by Crippen LogP contribution is -2.40. The van der Waals surface area contributed by atoms with Gasteiger partial charge in [-0.25, -0.2) is 19.6 Å². The largest absolute Gasteiger partial charge is 0.428 e. The molecule has 0 radical (unpaired) electrons. The Morgan fingerprint density at radius 1 is 0.964 bits per heavy atom. The first-order valence-electron chi connectivity index (χ1n) is 9.45. The van der Waals surface area contributed by atoms with Crippen molar-refractivity contribution in [3.05, 3.63) is 0 Å². The summed E-state index contributed by atoms with van der Waals surface area (Å²) in [6, 6.07) is 0.00791. The molecule has 1 aliphatic carbocycles. The number of hydrogen-bond donors (Lipinski definition) is 0. The molecule has 0 aromatic carbocycles. The molecule has 0 heterocycles. The van der Waals surface area contributed by atoms with Gasteiger partial charge in [0.1, 0.15) is 13.2 Å². The Morgan fingerprint density at radius 2 is 1.64 bits per heavy atom. The number of ether oxygens (including phenoxy) is 2. The second kappa shape index (κ2) is 14.4. The van der Waals surface area contributed by atoms with Crippen LogP contribution in [0, 0.1) is 33.9 Å². The highest BCUT2D eigenvalue weighted by atomic mass is 16.5. The minimum atomic E-state index is -0.0809. The van der Waals surface area contributed by atoms with E-state index in [9.17, 15) is 9.59 Å². The van der Waals surface area contributed by atoms with Crippen molar-refractivity contribution in [3.63, 3.8) is 0 Å². The SMILES string of the molecule is CC1(C)CC(N=C=O)CC(C)(COC#N)C1.N#COCCCCCCN=C=O. The van der Waals surface area contributed by atoms with Crippen LogP contribution in [0.4, 0.5) is 0 Å². The van der Waals surface area contributed by atoms with Crippen molar-refractivity contribution in [3.8, 4) is 12.5 Å². The predicted octanol–water partition coefficient (Wildman–Crippen LogP) is 3.79. The van der Waals surface area contributed by atoms with Crippen LogP contribution >= 0.6 is 0 Å². The number of aliphatic imine (C=N–C) groups is 2. The molecule has 2 atom stereocenters. The number of nitriles is 2. The van der Waals surface area contributed by atoms with Gasteiger partial charge in [0.15, 0.2) is 0 Å². The highest BCUT2D eigenvalue weighted by Crippen LogP contribution is 2.47. The van der Waals surface area contributed by atoms with Crippen LogP contribution in [0.3, 0.4) is 0 Å². The van der Waals surface area contributed by atoms with Crippen molar-refractivity contribution in [1.29, 1.82) is 10.5 Å². The molecule has 0 aromatic rings. The molecule has 0 amide bonds. The number of rotatable bonds is 10. The molecule has 0 aliphatic heterocycles. The van der Waals surface area contributed by atoms with Crippen molar-refractivity contribution < 1.29 is 19.1 Å². The van der Waals surface area contributed by atoms with E-state index in [0.717, 1.165) is 44.9 Å². The van der Waals surface area contributed by atoms with Crippen LogP contribution in [0.25, 0.3) is 0 Å². The van der Waals surface area contributed by atoms with Gasteiger partial charge in [0.25, 0.3) is 12.5 Å². The lowest BCUT2D eigenvalue weighted by Gasteiger charge is -2.44. The zero-order valence-corrected chi connectivity index (χ0v) is 17.1. The fraction of sp³-hybridized carbons (Fsp3) is 0.800. The van der Waals surface area contributed by atoms with Crippen molar-refractivity contribution in [2.75, 3.05) is 19.8 Å². The molecule has 8 nitrogen and oxygen atoms in total. The molecule has 1 saturated carbocycles. The predicted molar refractivity (Wildman–Crippen MR) is 102 cm³/mol. The van der Waals surface area contributed by atoms with E-state index in [-0.39, 0.29) is 16.9 Å². The molecule has 0 N–H and O–H groups in total. The fourth-order valence-electron chi connectivity index (χ4n) is 3.87. The Morgan fingerprint density at radius 3 is 2.25 bits per heavy atom. The monoisotopic (exact) mass is 390 g/mol. The first-order valence-corrected chi connectivity index (χ1v) is 9.45. The van der Waals surface area contributed by atoms with E-state index in [1.165, 1.54) is 6.08 Å². The highest BCUT2D eigenvalue weighted by molar-refractivity contribution is 5.33. The van der Waals surface area contributed by atoms with Gasteiger partial charge in [-0.15, -0.1) is 0 Å². The number of carbonyl (C=O) groups excluding carboxylic acids is 2. The van der Waals surface area contributed by atoms with Crippen LogP contribution in [0.2, 0.25) is 0 Å². The van der Waals surface area contributed by atoms with E-state index in [1.54, 1.807) is 18.6 Å². The normalized spacial score (nSPS) is 22.0. The van der Waals surface area contributed by atoms with E-state index in [1.807, 2.05) is 0 Å². The lowest BCUT2D eigenvalue weighted by atomic mass is 9.63. The molecule has 1 fully saturated rings. The van der Waals surface area contributed by atoms with E-state index in [2.05, 4.69) is 35.5 Å². The van der Waals surface area contributed by atoms with Crippen LogP contribution in [0.1, 0.15) is 65.7 Å². The summed E-state index contributed by atoms with van der Waals surface area (Å²) in [5.41, 5.74) is 0.0410. The van der Waals surface area contributed by atoms with E-state index in [4.69, 9.17) is 15.3 Å². The van der Waals surface area contributed by atoms with Crippen molar-refractivity contribution in [2.45, 2.75) is 71.8 Å². The number of nitrogens with zero attached hydrogens (tertiary/aromatic N) is 4. The summed E-state index contributed by atoms with van der Waals surface area (Å²) >= 11 is 0. The zero-order chi connectivity index (χ0) is 21.3. The van der Waals surface area contributed by atoms with Crippen LogP contribution < -0.4 is 0 Å². The van der Waals surface area contributed by atoms with Crippen LogP contribution in [0.5, 0.6) is 0 Å². The topological polar surface area (TPSA) is 125 Å². The fourth-order valence-corrected chi connectivity index (χ4v) is 3.87. The molecule has 0 bridgehead atoms. The van der Waals surface area contributed by atoms with Gasteiger partial charge in [0.2, 0.25) is 12.2 Å². The van der Waals surface area contributed by atoms with E-state index in [0.29, 0.717) is 19.8 Å². The number of isocyanates is 2. The average molecular weight is 390 g/mol. The van der Waals surface area contributed by atoms with E-state index >= 15 is 0 Å². The summed E-state index contributed by atoms with van der Waals surface area (Å²) in [5, 5.41) is 16.5. The number of unbranched alkanes of at least 4 members (excludes halogenated alkanes) is 3. The first kappa shape index (κ1) is 25.3. The van der Waals surface area contributed by atoms with Crippen molar-refractivity contribution in [2.24, 2.45) is 20.8 Å². The Labute approximate surface area is 167 Å². The molecule has 2 unspecified atom stereocenters. The van der Waals surface area contributed by atoms with Gasteiger partial charge in [-0.3, -0.25) is 0 Å². The van der Waals surface area contributed by atoms with Crippen molar-refractivity contribution >= 4 is 12.2 Å². The van der Waals surface area contributed by atoms with Gasteiger partial charge >= 0.3 is 0 Å². The smallest absolute Gasteiger partial charge is 0.286 e. The molecule has 1 aliphatic rings. The quantitative estimate of drug-likeness (QED) is 0.242. The van der Waals surface area contributed by atoms with Gasteiger partial charge in [-0.05, 0) is 43.9 Å². The maximum absolute atomic E-state index is 10.3. The second-order valence-corrected chi connectivity index (χ2v) is 8.14. The zero-order valence-electron chi connectivity index (χ0n) is 17.1. The standard InChI is InChI=1S/C12H18N2O2.C8H12N2O2/c1-11(2)4-10(14-9-15)5-12(3,6-11)7-16-8-13;9-7-12-6-4-2-1-3-5-10-8-11/h10H,4-7H2,1-3H3;1-6H2. The molecule has 28 heavy (non-hydrogen) atoms. The first-order chi connectivity index (χ1) is 13.3. The highest BCUT2D eigenvalue weighted by Gasteiger charge is 2.41. The summed E-state index contributed by atoms with van der Waals surface area (Å²) in [7, 11) is 0. The Hall–Kier alpha value is -2.66. The van der Waals surface area contributed by atoms with E-state index < -0.39 is 0 Å². The molecule has 0 aromatic heterocycles. The van der Waals surface area contributed by atoms with Gasteiger partial charge in [-0.2, -0.15) is 10.5 Å². The maximum Gasteiger partial charge on any atom is 0.286 e. The molecule has 0 saturated heterocycles. The summed E-state index contributed by atoms with van der Waals surface area (Å²) in [5.74, 6) is 0. The minimum absolute atomic E-state index is 0.00791. The molecular formula is C20H30N4O4. The summed E-state index contributed by atoms with van der Waals surface area (Å²) in [4.78, 5) is 27.2. The van der Waals surface area contributed by atoms with Crippen LogP contribution in [0.15, 0.2) is 9.98 Å². The maximum atomic E-state index is 10.3. The molecule has 154 valence electrons. The molecule has 0 spiro atoms.